The number of hydrogen-bond acceptors (Lipinski definition) is 4. The monoisotopic (exact) mass is 527 g/mol. The van der Waals surface area contributed by atoms with E-state index in [2.05, 4.69) is 5.32 Å². The zero-order valence-electron chi connectivity index (χ0n) is 20.5. The molecule has 0 radical (unpaired) electrons. The summed E-state index contributed by atoms with van der Waals surface area (Å²) in [6.07, 6.45) is 0. The van der Waals surface area contributed by atoms with Crippen molar-refractivity contribution in [3.8, 4) is 0 Å². The van der Waals surface area contributed by atoms with Gasteiger partial charge in [0.2, 0.25) is 11.8 Å². The van der Waals surface area contributed by atoms with Gasteiger partial charge in [0.25, 0.3) is 10.0 Å². The Hall–Kier alpha value is -3.36. The Kier molecular flexibility index (Phi) is 9.12. The van der Waals surface area contributed by atoms with Crippen molar-refractivity contribution in [3.63, 3.8) is 0 Å². The molecule has 0 aromatic heterocycles. The SMILES string of the molecule is CC(C)NC(=O)[C@@H](C)N(Cc1ccccc1)C(=O)CN(c1ccccc1Cl)S(=O)(=O)c1ccccc1. The summed E-state index contributed by atoms with van der Waals surface area (Å²) < 4.78 is 28.3. The van der Waals surface area contributed by atoms with Crippen molar-refractivity contribution in [1.82, 2.24) is 10.2 Å². The Labute approximate surface area is 217 Å². The number of carbonyl (C=O) groups is 2. The zero-order chi connectivity index (χ0) is 26.3. The van der Waals surface area contributed by atoms with Crippen molar-refractivity contribution < 1.29 is 18.0 Å². The molecule has 0 saturated heterocycles. The summed E-state index contributed by atoms with van der Waals surface area (Å²) >= 11 is 6.38. The van der Waals surface area contributed by atoms with Crippen LogP contribution in [-0.4, -0.2) is 43.8 Å². The highest BCUT2D eigenvalue weighted by molar-refractivity contribution is 7.92. The van der Waals surface area contributed by atoms with Crippen molar-refractivity contribution in [2.24, 2.45) is 0 Å². The smallest absolute Gasteiger partial charge is 0.264 e. The maximum atomic E-state index is 13.7. The number of para-hydroxylation sites is 1. The minimum Gasteiger partial charge on any atom is -0.352 e. The molecule has 190 valence electrons. The van der Waals surface area contributed by atoms with Crippen LogP contribution in [0.25, 0.3) is 0 Å². The lowest BCUT2D eigenvalue weighted by Crippen LogP contribution is -2.52. The third-order valence-electron chi connectivity index (χ3n) is 5.53. The van der Waals surface area contributed by atoms with Gasteiger partial charge in [0.15, 0.2) is 0 Å². The maximum Gasteiger partial charge on any atom is 0.264 e. The highest BCUT2D eigenvalue weighted by Gasteiger charge is 2.33. The summed E-state index contributed by atoms with van der Waals surface area (Å²) in [5, 5.41) is 3.01. The van der Waals surface area contributed by atoms with Crippen LogP contribution in [0.2, 0.25) is 5.02 Å². The topological polar surface area (TPSA) is 86.8 Å². The van der Waals surface area contributed by atoms with E-state index in [4.69, 9.17) is 11.6 Å². The Balaban J connectivity index is 2.02. The Bertz CT molecular complexity index is 1280. The minimum absolute atomic E-state index is 0.0259. The molecule has 2 amide bonds. The number of anilines is 1. The fraction of sp³-hybridized carbons (Fsp3) is 0.259. The Morgan fingerprint density at radius 2 is 1.42 bits per heavy atom. The van der Waals surface area contributed by atoms with Gasteiger partial charge in [-0.3, -0.25) is 13.9 Å². The fourth-order valence-corrected chi connectivity index (χ4v) is 5.40. The van der Waals surface area contributed by atoms with Gasteiger partial charge in [-0.15, -0.1) is 0 Å². The number of hydrogen-bond donors (Lipinski definition) is 1. The van der Waals surface area contributed by atoms with Gasteiger partial charge in [0.05, 0.1) is 15.6 Å². The van der Waals surface area contributed by atoms with Crippen molar-refractivity contribution in [2.45, 2.75) is 44.3 Å². The summed E-state index contributed by atoms with van der Waals surface area (Å²) in [4.78, 5) is 28.0. The number of halogens is 1. The highest BCUT2D eigenvalue weighted by Crippen LogP contribution is 2.30. The van der Waals surface area contributed by atoms with Gasteiger partial charge in [0.1, 0.15) is 12.6 Å². The molecule has 0 saturated carbocycles. The molecule has 36 heavy (non-hydrogen) atoms. The first-order chi connectivity index (χ1) is 17.1. The van der Waals surface area contributed by atoms with E-state index in [0.717, 1.165) is 9.87 Å². The fourth-order valence-electron chi connectivity index (χ4n) is 3.65. The third-order valence-corrected chi connectivity index (χ3v) is 7.62. The lowest BCUT2D eigenvalue weighted by atomic mass is 10.1. The van der Waals surface area contributed by atoms with E-state index in [9.17, 15) is 18.0 Å². The van der Waals surface area contributed by atoms with Crippen LogP contribution < -0.4 is 9.62 Å². The molecular formula is C27H30ClN3O4S. The summed E-state index contributed by atoms with van der Waals surface area (Å²) in [7, 11) is -4.14. The molecule has 9 heteroatoms. The summed E-state index contributed by atoms with van der Waals surface area (Å²) in [5.41, 5.74) is 0.987. The second-order valence-electron chi connectivity index (χ2n) is 8.62. The van der Waals surface area contributed by atoms with Crippen LogP contribution in [-0.2, 0) is 26.2 Å². The second kappa shape index (κ2) is 12.1. The van der Waals surface area contributed by atoms with Crippen molar-refractivity contribution >= 4 is 39.1 Å². The standard InChI is InChI=1S/C27H30ClN3O4S/c1-20(2)29-27(33)21(3)30(18-22-12-6-4-7-13-22)26(32)19-31(25-17-11-10-16-24(25)28)36(34,35)23-14-8-5-9-15-23/h4-17,20-21H,18-19H2,1-3H3,(H,29,33)/t21-/m1/s1. The van der Waals surface area contributed by atoms with E-state index in [1.54, 1.807) is 49.4 Å². The molecule has 0 aliphatic heterocycles. The van der Waals surface area contributed by atoms with Gasteiger partial charge in [-0.25, -0.2) is 8.42 Å². The zero-order valence-corrected chi connectivity index (χ0v) is 22.0. The molecule has 3 aromatic carbocycles. The summed E-state index contributed by atoms with van der Waals surface area (Å²) in [6, 6.07) is 22.6. The van der Waals surface area contributed by atoms with Crippen molar-refractivity contribution in [2.75, 3.05) is 10.8 Å². The molecule has 7 nitrogen and oxygen atoms in total. The number of amides is 2. The molecule has 0 spiro atoms. The lowest BCUT2D eigenvalue weighted by Gasteiger charge is -2.32. The number of nitrogens with one attached hydrogen (secondary N) is 1. The van der Waals surface area contributed by atoms with Crippen LogP contribution in [0.5, 0.6) is 0 Å². The predicted molar refractivity (Wildman–Crippen MR) is 142 cm³/mol. The average Bonchev–Trinajstić information content (AvgIpc) is 2.86. The van der Waals surface area contributed by atoms with E-state index < -0.39 is 28.5 Å². The first-order valence-electron chi connectivity index (χ1n) is 11.6. The van der Waals surface area contributed by atoms with E-state index in [1.165, 1.54) is 17.0 Å². The minimum atomic E-state index is -4.14. The van der Waals surface area contributed by atoms with Crippen molar-refractivity contribution in [1.29, 1.82) is 0 Å². The van der Waals surface area contributed by atoms with Gasteiger partial charge < -0.3 is 10.2 Å². The van der Waals surface area contributed by atoms with Crippen LogP contribution >= 0.6 is 11.6 Å². The quantitative estimate of drug-likeness (QED) is 0.421. The second-order valence-corrected chi connectivity index (χ2v) is 10.9. The normalized spacial score (nSPS) is 12.1. The van der Waals surface area contributed by atoms with E-state index in [-0.39, 0.29) is 34.1 Å². The van der Waals surface area contributed by atoms with Gasteiger partial charge >= 0.3 is 0 Å². The number of rotatable bonds is 10. The molecule has 0 aliphatic carbocycles. The highest BCUT2D eigenvalue weighted by atomic mass is 35.5. The summed E-state index contributed by atoms with van der Waals surface area (Å²) in [5.74, 6) is -0.867. The van der Waals surface area contributed by atoms with Gasteiger partial charge in [-0.05, 0) is 50.6 Å². The number of nitrogens with zero attached hydrogens (tertiary/aromatic N) is 2. The van der Waals surface area contributed by atoms with Crippen LogP contribution in [0.3, 0.4) is 0 Å². The van der Waals surface area contributed by atoms with E-state index in [1.807, 2.05) is 44.2 Å². The molecule has 0 aliphatic rings. The first kappa shape index (κ1) is 27.2. The molecule has 0 bridgehead atoms. The van der Waals surface area contributed by atoms with Crippen LogP contribution in [0, 0.1) is 0 Å². The number of sulfonamides is 1. The Morgan fingerprint density at radius 1 is 0.861 bits per heavy atom. The largest absolute Gasteiger partial charge is 0.352 e. The molecule has 3 aromatic rings. The van der Waals surface area contributed by atoms with Gasteiger partial charge in [-0.1, -0.05) is 72.3 Å². The number of benzene rings is 3. The molecular weight excluding hydrogens is 498 g/mol. The Morgan fingerprint density at radius 3 is 2.00 bits per heavy atom. The van der Waals surface area contributed by atoms with E-state index >= 15 is 0 Å². The lowest BCUT2D eigenvalue weighted by molar-refractivity contribution is -0.139. The van der Waals surface area contributed by atoms with Crippen LogP contribution in [0.1, 0.15) is 26.3 Å². The first-order valence-corrected chi connectivity index (χ1v) is 13.4. The summed E-state index contributed by atoms with van der Waals surface area (Å²) in [6.45, 7) is 4.89. The molecule has 3 rings (SSSR count). The van der Waals surface area contributed by atoms with Crippen LogP contribution in [0.4, 0.5) is 5.69 Å². The predicted octanol–water partition coefficient (Wildman–Crippen LogP) is 4.48. The van der Waals surface area contributed by atoms with Crippen molar-refractivity contribution in [3.05, 3.63) is 95.5 Å². The molecule has 1 N–H and O–H groups in total. The average molecular weight is 528 g/mol. The molecule has 0 unspecified atom stereocenters. The van der Waals surface area contributed by atoms with E-state index in [0.29, 0.717) is 0 Å². The van der Waals surface area contributed by atoms with Gasteiger partial charge in [0, 0.05) is 12.6 Å². The number of carbonyl (C=O) groups excluding carboxylic acids is 2. The molecule has 1 atom stereocenters. The third kappa shape index (κ3) is 6.65. The molecule has 0 heterocycles. The van der Waals surface area contributed by atoms with Gasteiger partial charge in [-0.2, -0.15) is 0 Å². The van der Waals surface area contributed by atoms with Crippen LogP contribution in [0.15, 0.2) is 89.8 Å². The molecule has 0 fully saturated rings. The maximum absolute atomic E-state index is 13.7.